The van der Waals surface area contributed by atoms with Crippen LogP contribution in [0, 0.1) is 11.3 Å². The van der Waals surface area contributed by atoms with Gasteiger partial charge in [-0.2, -0.15) is 5.26 Å². The largest absolute Gasteiger partial charge is 0.303 e. The molecule has 0 N–H and O–H groups in total. The lowest BCUT2D eigenvalue weighted by atomic mass is 10.3. The quantitative estimate of drug-likeness (QED) is 0.714. The van der Waals surface area contributed by atoms with E-state index in [-0.39, 0.29) is 0 Å². The number of para-hydroxylation sites is 1. The Kier molecular flexibility index (Phi) is 2.21. The molecule has 1 aromatic carbocycles. The fourth-order valence-corrected chi connectivity index (χ4v) is 1.41. The van der Waals surface area contributed by atoms with Crippen molar-refractivity contribution in [1.29, 1.82) is 5.26 Å². The molecule has 0 radical (unpaired) electrons. The molecule has 0 fully saturated rings. The number of halogens is 1. The van der Waals surface area contributed by atoms with Gasteiger partial charge in [-0.25, -0.2) is 4.98 Å². The number of rotatable bonds is 1. The Hall–Kier alpha value is -1.79. The lowest BCUT2D eigenvalue weighted by Crippen LogP contribution is -1.89. The van der Waals surface area contributed by atoms with E-state index in [1.54, 1.807) is 23.2 Å². The first-order valence-electron chi connectivity index (χ1n) is 4.00. The number of nitrogens with zero attached hydrogens (tertiary/aromatic N) is 3. The SMILES string of the molecule is N#Cc1cn(-c2ccccc2Cl)cn1. The third kappa shape index (κ3) is 1.48. The molecule has 0 atom stereocenters. The van der Waals surface area contributed by atoms with E-state index in [0.717, 1.165) is 5.69 Å². The van der Waals surface area contributed by atoms with Crippen LogP contribution < -0.4 is 0 Å². The first-order valence-corrected chi connectivity index (χ1v) is 4.38. The molecule has 68 valence electrons. The van der Waals surface area contributed by atoms with E-state index >= 15 is 0 Å². The lowest BCUT2D eigenvalue weighted by molar-refractivity contribution is 1.06. The number of imidazole rings is 1. The molecule has 1 aromatic heterocycles. The molecule has 0 aliphatic rings. The van der Waals surface area contributed by atoms with Crippen molar-refractivity contribution in [2.75, 3.05) is 0 Å². The second-order valence-corrected chi connectivity index (χ2v) is 3.14. The lowest BCUT2D eigenvalue weighted by Gasteiger charge is -2.02. The van der Waals surface area contributed by atoms with Gasteiger partial charge in [-0.3, -0.25) is 0 Å². The van der Waals surface area contributed by atoms with E-state index in [4.69, 9.17) is 16.9 Å². The molecule has 0 bridgehead atoms. The van der Waals surface area contributed by atoms with Gasteiger partial charge < -0.3 is 4.57 Å². The fourth-order valence-electron chi connectivity index (χ4n) is 1.17. The second kappa shape index (κ2) is 3.52. The Morgan fingerprint density at radius 2 is 2.14 bits per heavy atom. The Labute approximate surface area is 86.2 Å². The highest BCUT2D eigenvalue weighted by atomic mass is 35.5. The predicted molar refractivity (Wildman–Crippen MR) is 53.3 cm³/mol. The van der Waals surface area contributed by atoms with Gasteiger partial charge in [0.1, 0.15) is 12.4 Å². The molecule has 1 heterocycles. The van der Waals surface area contributed by atoms with Gasteiger partial charge in [0.25, 0.3) is 0 Å². The van der Waals surface area contributed by atoms with E-state index in [1.165, 1.54) is 0 Å². The van der Waals surface area contributed by atoms with Crippen LogP contribution in [0.5, 0.6) is 0 Å². The Bertz CT molecular complexity index is 496. The summed E-state index contributed by atoms with van der Waals surface area (Å²) >= 11 is 5.98. The van der Waals surface area contributed by atoms with Gasteiger partial charge >= 0.3 is 0 Å². The van der Waals surface area contributed by atoms with Gasteiger partial charge in [0, 0.05) is 6.20 Å². The van der Waals surface area contributed by atoms with Crippen molar-refractivity contribution < 1.29 is 0 Å². The monoisotopic (exact) mass is 203 g/mol. The Morgan fingerprint density at radius 1 is 1.36 bits per heavy atom. The van der Waals surface area contributed by atoms with E-state index < -0.39 is 0 Å². The molecule has 3 nitrogen and oxygen atoms in total. The van der Waals surface area contributed by atoms with Crippen LogP contribution in [-0.4, -0.2) is 9.55 Å². The highest BCUT2D eigenvalue weighted by molar-refractivity contribution is 6.32. The minimum Gasteiger partial charge on any atom is -0.303 e. The van der Waals surface area contributed by atoms with Gasteiger partial charge in [-0.15, -0.1) is 0 Å². The van der Waals surface area contributed by atoms with Gasteiger partial charge in [0.05, 0.1) is 10.7 Å². The predicted octanol–water partition coefficient (Wildman–Crippen LogP) is 2.40. The van der Waals surface area contributed by atoms with Crippen molar-refractivity contribution >= 4 is 11.6 Å². The Balaban J connectivity index is 2.51. The van der Waals surface area contributed by atoms with Crippen LogP contribution in [0.25, 0.3) is 5.69 Å². The molecule has 0 unspecified atom stereocenters. The molecule has 0 saturated heterocycles. The number of benzene rings is 1. The summed E-state index contributed by atoms with van der Waals surface area (Å²) in [6, 6.07) is 9.36. The smallest absolute Gasteiger partial charge is 0.158 e. The summed E-state index contributed by atoms with van der Waals surface area (Å²) in [5.41, 5.74) is 1.20. The third-order valence-corrected chi connectivity index (χ3v) is 2.15. The minimum absolute atomic E-state index is 0.380. The van der Waals surface area contributed by atoms with Crippen LogP contribution in [0.3, 0.4) is 0 Å². The van der Waals surface area contributed by atoms with Crippen molar-refractivity contribution in [3.8, 4) is 11.8 Å². The number of nitriles is 1. The van der Waals surface area contributed by atoms with E-state index in [0.29, 0.717) is 10.7 Å². The molecule has 0 spiro atoms. The van der Waals surface area contributed by atoms with Gasteiger partial charge in [-0.05, 0) is 12.1 Å². The summed E-state index contributed by atoms with van der Waals surface area (Å²) in [6.45, 7) is 0. The molecular formula is C10H6ClN3. The summed E-state index contributed by atoms with van der Waals surface area (Å²) in [5.74, 6) is 0. The van der Waals surface area contributed by atoms with Crippen LogP contribution in [-0.2, 0) is 0 Å². The summed E-state index contributed by atoms with van der Waals surface area (Å²) in [6.07, 6.45) is 3.21. The van der Waals surface area contributed by atoms with Crippen LogP contribution in [0.2, 0.25) is 5.02 Å². The maximum absolute atomic E-state index is 8.61. The van der Waals surface area contributed by atoms with Crippen molar-refractivity contribution in [2.45, 2.75) is 0 Å². The topological polar surface area (TPSA) is 41.6 Å². The summed E-state index contributed by atoms with van der Waals surface area (Å²) in [4.78, 5) is 3.90. The normalized spacial score (nSPS) is 9.71. The molecule has 0 saturated carbocycles. The highest BCUT2D eigenvalue weighted by Gasteiger charge is 2.02. The van der Waals surface area contributed by atoms with Gasteiger partial charge in [0.15, 0.2) is 5.69 Å². The zero-order valence-corrected chi connectivity index (χ0v) is 7.94. The number of aromatic nitrogens is 2. The molecule has 4 heteroatoms. The standard InChI is InChI=1S/C10H6ClN3/c11-9-3-1-2-4-10(9)14-6-8(5-12)13-7-14/h1-4,6-7H. The van der Waals surface area contributed by atoms with Crippen LogP contribution in [0.15, 0.2) is 36.8 Å². The van der Waals surface area contributed by atoms with Crippen LogP contribution in [0.1, 0.15) is 5.69 Å². The number of hydrogen-bond donors (Lipinski definition) is 0. The summed E-state index contributed by atoms with van der Waals surface area (Å²) in [7, 11) is 0. The van der Waals surface area contributed by atoms with Gasteiger partial charge in [0.2, 0.25) is 0 Å². The fraction of sp³-hybridized carbons (Fsp3) is 0. The molecule has 0 aliphatic heterocycles. The van der Waals surface area contributed by atoms with E-state index in [9.17, 15) is 0 Å². The third-order valence-electron chi connectivity index (χ3n) is 1.83. The molecule has 0 amide bonds. The maximum Gasteiger partial charge on any atom is 0.158 e. The second-order valence-electron chi connectivity index (χ2n) is 2.73. The zero-order valence-electron chi connectivity index (χ0n) is 7.18. The maximum atomic E-state index is 8.61. The van der Waals surface area contributed by atoms with Crippen molar-refractivity contribution in [3.05, 3.63) is 47.5 Å². The van der Waals surface area contributed by atoms with Crippen molar-refractivity contribution in [3.63, 3.8) is 0 Å². The highest BCUT2D eigenvalue weighted by Crippen LogP contribution is 2.19. The first-order chi connectivity index (χ1) is 6.81. The molecular weight excluding hydrogens is 198 g/mol. The average Bonchev–Trinajstić information content (AvgIpc) is 2.67. The van der Waals surface area contributed by atoms with E-state index in [1.807, 2.05) is 24.3 Å². The average molecular weight is 204 g/mol. The van der Waals surface area contributed by atoms with Crippen molar-refractivity contribution in [2.24, 2.45) is 0 Å². The van der Waals surface area contributed by atoms with E-state index in [2.05, 4.69) is 4.98 Å². The summed E-state index contributed by atoms with van der Waals surface area (Å²) in [5, 5.41) is 9.24. The Morgan fingerprint density at radius 3 is 2.79 bits per heavy atom. The minimum atomic E-state index is 0.380. The molecule has 0 aliphatic carbocycles. The zero-order chi connectivity index (χ0) is 9.97. The summed E-state index contributed by atoms with van der Waals surface area (Å²) < 4.78 is 1.72. The molecule has 2 aromatic rings. The molecule has 2 rings (SSSR count). The molecule has 14 heavy (non-hydrogen) atoms. The van der Waals surface area contributed by atoms with Crippen LogP contribution >= 0.6 is 11.6 Å². The van der Waals surface area contributed by atoms with Crippen LogP contribution in [0.4, 0.5) is 0 Å². The first kappa shape index (κ1) is 8.79. The van der Waals surface area contributed by atoms with Gasteiger partial charge in [-0.1, -0.05) is 23.7 Å². The van der Waals surface area contributed by atoms with Crippen molar-refractivity contribution in [1.82, 2.24) is 9.55 Å². The number of hydrogen-bond acceptors (Lipinski definition) is 2.